The summed E-state index contributed by atoms with van der Waals surface area (Å²) >= 11 is 0. The zero-order chi connectivity index (χ0) is 12.5. The van der Waals surface area contributed by atoms with Crippen molar-refractivity contribution in [2.75, 3.05) is 7.11 Å². The summed E-state index contributed by atoms with van der Waals surface area (Å²) in [4.78, 5) is 11.2. The molecule has 18 heavy (non-hydrogen) atoms. The normalized spacial score (nSPS) is 21.8. The molecule has 0 saturated heterocycles. The van der Waals surface area contributed by atoms with Crippen LogP contribution >= 0.6 is 0 Å². The van der Waals surface area contributed by atoms with E-state index in [0.717, 1.165) is 6.42 Å². The summed E-state index contributed by atoms with van der Waals surface area (Å²) in [5.74, 6) is 0.913. The predicted octanol–water partition coefficient (Wildman–Crippen LogP) is 3.51. The Morgan fingerprint density at radius 2 is 2.00 bits per heavy atom. The predicted molar refractivity (Wildman–Crippen MR) is 71.4 cm³/mol. The molecule has 1 aliphatic rings. The lowest BCUT2D eigenvalue weighted by atomic mass is 10.0. The third-order valence-electron chi connectivity index (χ3n) is 3.78. The van der Waals surface area contributed by atoms with E-state index in [-0.39, 0.29) is 5.97 Å². The fourth-order valence-corrected chi connectivity index (χ4v) is 2.62. The fourth-order valence-electron chi connectivity index (χ4n) is 2.62. The van der Waals surface area contributed by atoms with E-state index in [1.165, 1.54) is 23.4 Å². The first-order valence-corrected chi connectivity index (χ1v) is 6.33. The lowest BCUT2D eigenvalue weighted by Gasteiger charge is -2.03. The van der Waals surface area contributed by atoms with E-state index in [2.05, 4.69) is 42.5 Å². The first-order chi connectivity index (χ1) is 8.78. The number of hydrogen-bond donors (Lipinski definition) is 0. The molecule has 0 aliphatic heterocycles. The Morgan fingerprint density at radius 3 is 2.78 bits per heavy atom. The van der Waals surface area contributed by atoms with E-state index in [0.29, 0.717) is 18.3 Å². The summed E-state index contributed by atoms with van der Waals surface area (Å²) in [5.41, 5.74) is 1.35. The Labute approximate surface area is 107 Å². The third kappa shape index (κ3) is 2.10. The SMILES string of the molecule is COC(=O)CC1CC1c1ccc2ccccc2c1. The van der Waals surface area contributed by atoms with Gasteiger partial charge in [0.1, 0.15) is 0 Å². The van der Waals surface area contributed by atoms with Crippen LogP contribution < -0.4 is 0 Å². The van der Waals surface area contributed by atoms with Crippen molar-refractivity contribution < 1.29 is 9.53 Å². The van der Waals surface area contributed by atoms with Crippen LogP contribution in [0.1, 0.15) is 24.3 Å². The molecule has 2 unspecified atom stereocenters. The van der Waals surface area contributed by atoms with Gasteiger partial charge >= 0.3 is 5.97 Å². The van der Waals surface area contributed by atoms with Crippen LogP contribution in [0.4, 0.5) is 0 Å². The van der Waals surface area contributed by atoms with Gasteiger partial charge in [0.15, 0.2) is 0 Å². The van der Waals surface area contributed by atoms with Gasteiger partial charge in [-0.25, -0.2) is 0 Å². The molecule has 2 heteroatoms. The molecular weight excluding hydrogens is 224 g/mol. The molecule has 2 aromatic carbocycles. The van der Waals surface area contributed by atoms with Gasteiger partial charge < -0.3 is 4.74 Å². The Kier molecular flexibility index (Phi) is 2.78. The molecule has 0 bridgehead atoms. The average molecular weight is 240 g/mol. The first-order valence-electron chi connectivity index (χ1n) is 6.33. The molecule has 1 fully saturated rings. The monoisotopic (exact) mass is 240 g/mol. The smallest absolute Gasteiger partial charge is 0.305 e. The number of ether oxygens (including phenoxy) is 1. The summed E-state index contributed by atoms with van der Waals surface area (Å²) < 4.78 is 4.72. The molecule has 1 aliphatic carbocycles. The van der Waals surface area contributed by atoms with Gasteiger partial charge in [-0.3, -0.25) is 4.79 Å². The van der Waals surface area contributed by atoms with Crippen LogP contribution in [-0.2, 0) is 9.53 Å². The van der Waals surface area contributed by atoms with Gasteiger partial charge in [0.05, 0.1) is 7.11 Å². The minimum absolute atomic E-state index is 0.0942. The molecule has 2 atom stereocenters. The zero-order valence-electron chi connectivity index (χ0n) is 10.4. The molecule has 1 saturated carbocycles. The van der Waals surface area contributed by atoms with Gasteiger partial charge in [-0.15, -0.1) is 0 Å². The fraction of sp³-hybridized carbons (Fsp3) is 0.312. The van der Waals surface area contributed by atoms with Crippen LogP contribution in [0.2, 0.25) is 0 Å². The highest BCUT2D eigenvalue weighted by atomic mass is 16.5. The molecular formula is C16H16O2. The zero-order valence-corrected chi connectivity index (χ0v) is 10.4. The highest BCUT2D eigenvalue weighted by molar-refractivity contribution is 5.83. The number of esters is 1. The Morgan fingerprint density at radius 1 is 1.22 bits per heavy atom. The molecule has 0 radical (unpaired) electrons. The van der Waals surface area contributed by atoms with Gasteiger partial charge in [0.2, 0.25) is 0 Å². The second kappa shape index (κ2) is 4.45. The maximum atomic E-state index is 11.2. The number of fused-ring (bicyclic) bond motifs is 1. The summed E-state index contributed by atoms with van der Waals surface area (Å²) in [5, 5.41) is 2.55. The van der Waals surface area contributed by atoms with E-state index in [1.54, 1.807) is 0 Å². The molecule has 92 valence electrons. The summed E-state index contributed by atoms with van der Waals surface area (Å²) in [6, 6.07) is 15.0. The van der Waals surface area contributed by atoms with Crippen molar-refractivity contribution in [3.8, 4) is 0 Å². The van der Waals surface area contributed by atoms with Crippen LogP contribution in [0.25, 0.3) is 10.8 Å². The van der Waals surface area contributed by atoms with Crippen molar-refractivity contribution in [1.29, 1.82) is 0 Å². The largest absolute Gasteiger partial charge is 0.469 e. The van der Waals surface area contributed by atoms with E-state index in [9.17, 15) is 4.79 Å². The standard InChI is InChI=1S/C16H16O2/c1-18-16(17)10-14-9-15(14)13-7-6-11-4-2-3-5-12(11)8-13/h2-8,14-15H,9-10H2,1H3. The van der Waals surface area contributed by atoms with Crippen LogP contribution in [0, 0.1) is 5.92 Å². The van der Waals surface area contributed by atoms with Crippen LogP contribution in [0.5, 0.6) is 0 Å². The van der Waals surface area contributed by atoms with Crippen molar-refractivity contribution in [2.45, 2.75) is 18.8 Å². The average Bonchev–Trinajstić information content (AvgIpc) is 3.17. The first kappa shape index (κ1) is 11.3. The van der Waals surface area contributed by atoms with Crippen molar-refractivity contribution in [3.05, 3.63) is 48.0 Å². The minimum Gasteiger partial charge on any atom is -0.469 e. The summed E-state index contributed by atoms with van der Waals surface area (Å²) in [6.07, 6.45) is 1.65. The highest BCUT2D eigenvalue weighted by Gasteiger charge is 2.39. The summed E-state index contributed by atoms with van der Waals surface area (Å²) in [6.45, 7) is 0. The quantitative estimate of drug-likeness (QED) is 0.767. The number of carbonyl (C=O) groups excluding carboxylic acids is 1. The Hall–Kier alpha value is -1.83. The number of methoxy groups -OCH3 is 1. The van der Waals surface area contributed by atoms with Crippen molar-refractivity contribution in [2.24, 2.45) is 5.92 Å². The topological polar surface area (TPSA) is 26.3 Å². The molecule has 0 N–H and O–H groups in total. The minimum atomic E-state index is -0.0942. The molecule has 2 aromatic rings. The van der Waals surface area contributed by atoms with Crippen LogP contribution in [0.3, 0.4) is 0 Å². The summed E-state index contributed by atoms with van der Waals surface area (Å²) in [7, 11) is 1.45. The molecule has 0 heterocycles. The maximum absolute atomic E-state index is 11.2. The Balaban J connectivity index is 1.78. The van der Waals surface area contributed by atoms with Gasteiger partial charge in [0.25, 0.3) is 0 Å². The molecule has 0 aromatic heterocycles. The second-order valence-electron chi connectivity index (χ2n) is 4.99. The van der Waals surface area contributed by atoms with Crippen molar-refractivity contribution in [3.63, 3.8) is 0 Å². The van der Waals surface area contributed by atoms with Gasteiger partial charge in [0, 0.05) is 6.42 Å². The maximum Gasteiger partial charge on any atom is 0.305 e. The number of carbonyl (C=O) groups is 1. The van der Waals surface area contributed by atoms with E-state index < -0.39 is 0 Å². The van der Waals surface area contributed by atoms with Crippen molar-refractivity contribution >= 4 is 16.7 Å². The lowest BCUT2D eigenvalue weighted by molar-refractivity contribution is -0.141. The number of rotatable bonds is 3. The van der Waals surface area contributed by atoms with E-state index >= 15 is 0 Å². The van der Waals surface area contributed by atoms with Gasteiger partial charge in [-0.1, -0.05) is 42.5 Å². The van der Waals surface area contributed by atoms with Gasteiger partial charge in [-0.2, -0.15) is 0 Å². The van der Waals surface area contributed by atoms with Gasteiger partial charge in [-0.05, 0) is 34.6 Å². The molecule has 2 nitrogen and oxygen atoms in total. The van der Waals surface area contributed by atoms with Crippen molar-refractivity contribution in [1.82, 2.24) is 0 Å². The van der Waals surface area contributed by atoms with E-state index in [4.69, 9.17) is 4.74 Å². The molecule has 3 rings (SSSR count). The molecule has 0 spiro atoms. The highest BCUT2D eigenvalue weighted by Crippen LogP contribution is 2.50. The Bertz CT molecular complexity index is 588. The number of benzene rings is 2. The van der Waals surface area contributed by atoms with E-state index in [1.807, 2.05) is 0 Å². The lowest BCUT2D eigenvalue weighted by Crippen LogP contribution is -2.01. The number of hydrogen-bond acceptors (Lipinski definition) is 2. The molecule has 0 amide bonds. The van der Waals surface area contributed by atoms with Crippen LogP contribution in [0.15, 0.2) is 42.5 Å². The third-order valence-corrected chi connectivity index (χ3v) is 3.78. The van der Waals surface area contributed by atoms with Crippen LogP contribution in [-0.4, -0.2) is 13.1 Å². The second-order valence-corrected chi connectivity index (χ2v) is 4.99.